The molecule has 0 saturated heterocycles. The molecule has 1 aromatic carbocycles. The van der Waals surface area contributed by atoms with Gasteiger partial charge in [0.25, 0.3) is 0 Å². The highest BCUT2D eigenvalue weighted by atomic mass is 16.6. The Hall–Kier alpha value is -2.17. The minimum Gasteiger partial charge on any atom is -0.386 e. The Balaban J connectivity index is 2.42. The number of amides is 1. The lowest BCUT2D eigenvalue weighted by atomic mass is 10.0. The molecule has 0 atom stereocenters. The fourth-order valence-corrected chi connectivity index (χ4v) is 1.44. The van der Waals surface area contributed by atoms with E-state index in [1.54, 1.807) is 6.07 Å². The fourth-order valence-electron chi connectivity index (χ4n) is 1.44. The second-order valence-electron chi connectivity index (χ2n) is 3.20. The van der Waals surface area contributed by atoms with Gasteiger partial charge in [0.05, 0.1) is 17.5 Å². The number of benzene rings is 1. The molecule has 1 aliphatic rings. The lowest BCUT2D eigenvalue weighted by molar-refractivity contribution is -0.117. The van der Waals surface area contributed by atoms with Gasteiger partial charge in [-0.05, 0) is 17.7 Å². The van der Waals surface area contributed by atoms with E-state index in [1.807, 2.05) is 0 Å². The number of hydrogen-bond donors (Lipinski definition) is 1. The Morgan fingerprint density at radius 3 is 2.53 bits per heavy atom. The zero-order valence-corrected chi connectivity index (χ0v) is 7.65. The molecular weight excluding hydrogens is 198 g/mol. The third-order valence-electron chi connectivity index (χ3n) is 2.09. The predicted molar refractivity (Wildman–Crippen MR) is 49.1 cm³/mol. The van der Waals surface area contributed by atoms with E-state index >= 15 is 0 Å². The summed E-state index contributed by atoms with van der Waals surface area (Å²) in [6, 6.07) is 4.48. The molecule has 1 heterocycles. The lowest BCUT2D eigenvalue weighted by Gasteiger charge is -1.98. The average molecular weight is 205 g/mol. The molecule has 5 nitrogen and oxygen atoms in total. The summed E-state index contributed by atoms with van der Waals surface area (Å²) in [6.07, 6.45) is 0.0365. The van der Waals surface area contributed by atoms with Gasteiger partial charge in [-0.15, -0.1) is 0 Å². The van der Waals surface area contributed by atoms with Crippen LogP contribution in [-0.2, 0) is 16.0 Å². The summed E-state index contributed by atoms with van der Waals surface area (Å²) in [7, 11) is 0. The molecule has 0 aliphatic carbocycles. The number of rotatable bonds is 2. The molecule has 0 saturated carbocycles. The molecule has 0 bridgehead atoms. The SMILES string of the molecule is NC(=O)Cc1ccc2c(c1)C(=O)OC2=O. The average Bonchev–Trinajstić information content (AvgIpc) is 2.41. The quantitative estimate of drug-likeness (QED) is 0.544. The van der Waals surface area contributed by atoms with E-state index in [1.165, 1.54) is 12.1 Å². The first-order valence-corrected chi connectivity index (χ1v) is 4.25. The Kier molecular flexibility index (Phi) is 2.00. The van der Waals surface area contributed by atoms with Crippen LogP contribution in [0.5, 0.6) is 0 Å². The molecule has 0 unspecified atom stereocenters. The van der Waals surface area contributed by atoms with Crippen LogP contribution in [-0.4, -0.2) is 17.8 Å². The molecule has 0 fully saturated rings. The minimum absolute atomic E-state index is 0.0365. The summed E-state index contributed by atoms with van der Waals surface area (Å²) in [5.74, 6) is -1.82. The van der Waals surface area contributed by atoms with Crippen LogP contribution in [0.25, 0.3) is 0 Å². The number of fused-ring (bicyclic) bond motifs is 1. The van der Waals surface area contributed by atoms with Crippen molar-refractivity contribution in [3.63, 3.8) is 0 Å². The first-order chi connectivity index (χ1) is 7.08. The van der Waals surface area contributed by atoms with Crippen molar-refractivity contribution in [3.05, 3.63) is 34.9 Å². The van der Waals surface area contributed by atoms with E-state index in [0.29, 0.717) is 5.56 Å². The van der Waals surface area contributed by atoms with Crippen molar-refractivity contribution in [1.29, 1.82) is 0 Å². The van der Waals surface area contributed by atoms with Gasteiger partial charge >= 0.3 is 11.9 Å². The second kappa shape index (κ2) is 3.20. The minimum atomic E-state index is -0.679. The van der Waals surface area contributed by atoms with E-state index in [-0.39, 0.29) is 17.5 Å². The normalized spacial score (nSPS) is 13.6. The Morgan fingerprint density at radius 2 is 1.87 bits per heavy atom. The fraction of sp³-hybridized carbons (Fsp3) is 0.100. The summed E-state index contributed by atoms with van der Waals surface area (Å²) in [6.45, 7) is 0. The third-order valence-corrected chi connectivity index (χ3v) is 2.09. The van der Waals surface area contributed by atoms with Gasteiger partial charge in [0, 0.05) is 0 Å². The van der Waals surface area contributed by atoms with Crippen molar-refractivity contribution in [2.24, 2.45) is 5.73 Å². The highest BCUT2D eigenvalue weighted by Gasteiger charge is 2.29. The van der Waals surface area contributed by atoms with E-state index in [9.17, 15) is 14.4 Å². The highest BCUT2D eigenvalue weighted by molar-refractivity contribution is 6.14. The van der Waals surface area contributed by atoms with E-state index in [2.05, 4.69) is 4.74 Å². The number of primary amides is 1. The van der Waals surface area contributed by atoms with Gasteiger partial charge < -0.3 is 10.5 Å². The molecular formula is C10H7NO4. The number of nitrogens with two attached hydrogens (primary N) is 1. The Labute approximate surface area is 84.8 Å². The van der Waals surface area contributed by atoms with Crippen molar-refractivity contribution >= 4 is 17.8 Å². The maximum atomic E-state index is 11.2. The predicted octanol–water partition coefficient (Wildman–Crippen LogP) is 0.0250. The molecule has 1 amide bonds. The molecule has 0 radical (unpaired) electrons. The Morgan fingerprint density at radius 1 is 1.20 bits per heavy atom. The maximum Gasteiger partial charge on any atom is 0.346 e. The molecule has 1 aromatic rings. The number of cyclic esters (lactones) is 2. The van der Waals surface area contributed by atoms with Gasteiger partial charge in [0.2, 0.25) is 5.91 Å². The van der Waals surface area contributed by atoms with Crippen LogP contribution in [0.1, 0.15) is 26.3 Å². The Bertz CT molecular complexity index is 478. The zero-order chi connectivity index (χ0) is 11.0. The van der Waals surface area contributed by atoms with Crippen LogP contribution in [0.2, 0.25) is 0 Å². The molecule has 15 heavy (non-hydrogen) atoms. The van der Waals surface area contributed by atoms with Gasteiger partial charge in [-0.3, -0.25) is 4.79 Å². The summed E-state index contributed by atoms with van der Waals surface area (Å²) in [4.78, 5) is 32.9. The second-order valence-corrected chi connectivity index (χ2v) is 3.20. The van der Waals surface area contributed by atoms with Crippen molar-refractivity contribution in [1.82, 2.24) is 0 Å². The number of carbonyl (C=O) groups excluding carboxylic acids is 3. The zero-order valence-electron chi connectivity index (χ0n) is 7.65. The molecule has 0 spiro atoms. The molecule has 76 valence electrons. The van der Waals surface area contributed by atoms with Crippen LogP contribution in [0, 0.1) is 0 Å². The van der Waals surface area contributed by atoms with Crippen molar-refractivity contribution < 1.29 is 19.1 Å². The highest BCUT2D eigenvalue weighted by Crippen LogP contribution is 2.21. The van der Waals surface area contributed by atoms with E-state index in [4.69, 9.17) is 5.73 Å². The van der Waals surface area contributed by atoms with E-state index in [0.717, 1.165) is 0 Å². The number of esters is 2. The van der Waals surface area contributed by atoms with Gasteiger partial charge in [-0.25, -0.2) is 9.59 Å². The van der Waals surface area contributed by atoms with Gasteiger partial charge in [-0.2, -0.15) is 0 Å². The smallest absolute Gasteiger partial charge is 0.346 e. The topological polar surface area (TPSA) is 86.5 Å². The first-order valence-electron chi connectivity index (χ1n) is 4.25. The van der Waals surface area contributed by atoms with Crippen LogP contribution < -0.4 is 5.73 Å². The summed E-state index contributed by atoms with van der Waals surface area (Å²) >= 11 is 0. The van der Waals surface area contributed by atoms with Gasteiger partial charge in [0.1, 0.15) is 0 Å². The molecule has 5 heteroatoms. The van der Waals surface area contributed by atoms with E-state index < -0.39 is 17.8 Å². The van der Waals surface area contributed by atoms with Crippen molar-refractivity contribution in [2.45, 2.75) is 6.42 Å². The summed E-state index contributed by atoms with van der Waals surface area (Å²) < 4.78 is 4.40. The largest absolute Gasteiger partial charge is 0.386 e. The molecule has 2 rings (SSSR count). The number of hydrogen-bond acceptors (Lipinski definition) is 4. The third kappa shape index (κ3) is 1.59. The molecule has 2 N–H and O–H groups in total. The summed E-state index contributed by atoms with van der Waals surface area (Å²) in [5.41, 5.74) is 6.02. The lowest BCUT2D eigenvalue weighted by Crippen LogP contribution is -2.13. The molecule has 0 aromatic heterocycles. The van der Waals surface area contributed by atoms with Crippen LogP contribution in [0.15, 0.2) is 18.2 Å². The van der Waals surface area contributed by atoms with Crippen molar-refractivity contribution in [2.75, 3.05) is 0 Å². The van der Waals surface area contributed by atoms with Crippen molar-refractivity contribution in [3.8, 4) is 0 Å². The van der Waals surface area contributed by atoms with Crippen LogP contribution >= 0.6 is 0 Å². The standard InChI is InChI=1S/C10H7NO4/c11-8(12)4-5-1-2-6-7(3-5)10(14)15-9(6)13/h1-3H,4H2,(H2,11,12). The molecule has 1 aliphatic heterocycles. The van der Waals surface area contributed by atoms with Gasteiger partial charge in [-0.1, -0.05) is 6.07 Å². The summed E-state index contributed by atoms with van der Waals surface area (Å²) in [5, 5.41) is 0. The first kappa shape index (κ1) is 9.39. The van der Waals surface area contributed by atoms with Crippen LogP contribution in [0.4, 0.5) is 0 Å². The van der Waals surface area contributed by atoms with Crippen LogP contribution in [0.3, 0.4) is 0 Å². The monoisotopic (exact) mass is 205 g/mol. The number of carbonyl (C=O) groups is 3. The number of ether oxygens (including phenoxy) is 1. The maximum absolute atomic E-state index is 11.2. The van der Waals surface area contributed by atoms with Gasteiger partial charge in [0.15, 0.2) is 0 Å².